The molecule has 0 aliphatic heterocycles. The van der Waals surface area contributed by atoms with E-state index in [-0.39, 0.29) is 11.8 Å². The van der Waals surface area contributed by atoms with Gasteiger partial charge >= 0.3 is 0 Å². The van der Waals surface area contributed by atoms with Crippen LogP contribution < -0.4 is 10.1 Å². The Kier molecular flexibility index (Phi) is 4.45. The number of rotatable bonds is 6. The molecule has 0 radical (unpaired) electrons. The summed E-state index contributed by atoms with van der Waals surface area (Å²) >= 11 is 0. The largest absolute Gasteiger partial charge is 0.490 e. The van der Waals surface area contributed by atoms with E-state index in [0.717, 1.165) is 24.3 Å². The molecule has 1 saturated carbocycles. The highest BCUT2D eigenvalue weighted by atomic mass is 16.5. The number of nitrogens with one attached hydrogen (secondary N) is 1. The molecule has 1 aromatic carbocycles. The Morgan fingerprint density at radius 2 is 1.78 bits per heavy atom. The van der Waals surface area contributed by atoms with Gasteiger partial charge in [0.05, 0.1) is 0 Å². The van der Waals surface area contributed by atoms with Gasteiger partial charge in [-0.15, -0.1) is 0 Å². The molecule has 1 fully saturated rings. The minimum Gasteiger partial charge on any atom is -0.490 e. The van der Waals surface area contributed by atoms with E-state index >= 15 is 0 Å². The van der Waals surface area contributed by atoms with Gasteiger partial charge < -0.3 is 14.8 Å². The fraction of sp³-hybridized carbons (Fsp3) is 0.412. The number of hydrogen-bond donors (Lipinski definition) is 1. The molecule has 1 N–H and O–H groups in total. The average Bonchev–Trinajstić information content (AvgIpc) is 2.53. The van der Waals surface area contributed by atoms with Gasteiger partial charge in [-0.3, -0.25) is 4.90 Å². The zero-order valence-corrected chi connectivity index (χ0v) is 13.7. The highest BCUT2D eigenvalue weighted by Gasteiger charge is 2.48. The van der Waals surface area contributed by atoms with Gasteiger partial charge in [0.15, 0.2) is 0 Å². The van der Waals surface area contributed by atoms with Crippen molar-refractivity contribution in [3.05, 3.63) is 42.7 Å². The van der Waals surface area contributed by atoms with Gasteiger partial charge in [-0.25, -0.2) is 9.97 Å². The fourth-order valence-electron chi connectivity index (χ4n) is 2.75. The molecule has 6 heteroatoms. The van der Waals surface area contributed by atoms with Crippen molar-refractivity contribution >= 4 is 11.6 Å². The summed E-state index contributed by atoms with van der Waals surface area (Å²) in [6, 6.07) is 9.61. The quantitative estimate of drug-likeness (QED) is 0.827. The van der Waals surface area contributed by atoms with Crippen molar-refractivity contribution in [2.75, 3.05) is 26.5 Å². The molecule has 0 spiro atoms. The van der Waals surface area contributed by atoms with Gasteiger partial charge in [0.25, 0.3) is 0 Å². The predicted molar refractivity (Wildman–Crippen MR) is 88.8 cm³/mol. The van der Waals surface area contributed by atoms with E-state index in [1.165, 1.54) is 0 Å². The first-order valence-electron chi connectivity index (χ1n) is 7.65. The van der Waals surface area contributed by atoms with Crippen LogP contribution in [0, 0.1) is 0 Å². The maximum atomic E-state index is 6.00. The minimum absolute atomic E-state index is 0.184. The molecule has 0 atom stereocenters. The second kappa shape index (κ2) is 6.52. The minimum atomic E-state index is -0.184. The van der Waals surface area contributed by atoms with E-state index in [1.807, 2.05) is 38.4 Å². The van der Waals surface area contributed by atoms with E-state index in [1.54, 1.807) is 25.6 Å². The zero-order valence-electron chi connectivity index (χ0n) is 13.7. The van der Waals surface area contributed by atoms with Crippen LogP contribution in [0.25, 0.3) is 0 Å². The van der Waals surface area contributed by atoms with Crippen LogP contribution in [-0.2, 0) is 4.74 Å². The Balaban J connectivity index is 1.55. The topological polar surface area (TPSA) is 59.5 Å². The average molecular weight is 314 g/mol. The van der Waals surface area contributed by atoms with Crippen LogP contribution >= 0.6 is 0 Å². The van der Waals surface area contributed by atoms with E-state index in [0.29, 0.717) is 5.95 Å². The summed E-state index contributed by atoms with van der Waals surface area (Å²) in [7, 11) is 5.82. The Morgan fingerprint density at radius 1 is 1.13 bits per heavy atom. The van der Waals surface area contributed by atoms with Crippen LogP contribution in [0.3, 0.4) is 0 Å². The molecular weight excluding hydrogens is 292 g/mol. The summed E-state index contributed by atoms with van der Waals surface area (Å²) < 4.78 is 11.6. The molecule has 0 unspecified atom stereocenters. The number of nitrogens with zero attached hydrogens (tertiary/aromatic N) is 3. The number of aromatic nitrogens is 2. The van der Waals surface area contributed by atoms with Crippen LogP contribution in [0.2, 0.25) is 0 Å². The standard InChI is InChI=1S/C17H22N4O2/c1-21(2)17(22-3)11-15(12-17)23-14-7-5-13(6-8-14)20-16-18-9-4-10-19-16/h4-10,15H,11-12H2,1-3H3,(H,18,19,20). The summed E-state index contributed by atoms with van der Waals surface area (Å²) in [5, 5.41) is 3.15. The van der Waals surface area contributed by atoms with Gasteiger partial charge in [-0.1, -0.05) is 0 Å². The summed E-state index contributed by atoms with van der Waals surface area (Å²) in [6.07, 6.45) is 5.34. The Hall–Kier alpha value is -2.18. The van der Waals surface area contributed by atoms with Crippen LogP contribution in [0.4, 0.5) is 11.6 Å². The zero-order chi connectivity index (χ0) is 16.3. The molecule has 3 rings (SSSR count). The summed E-state index contributed by atoms with van der Waals surface area (Å²) in [5.41, 5.74) is 0.744. The van der Waals surface area contributed by atoms with Crippen molar-refractivity contribution < 1.29 is 9.47 Å². The van der Waals surface area contributed by atoms with Crippen molar-refractivity contribution in [1.29, 1.82) is 0 Å². The maximum absolute atomic E-state index is 6.00. The summed E-state index contributed by atoms with van der Waals surface area (Å²) in [4.78, 5) is 10.4. The molecule has 122 valence electrons. The molecule has 1 heterocycles. The van der Waals surface area contributed by atoms with E-state index in [4.69, 9.17) is 9.47 Å². The Labute approximate surface area is 136 Å². The second-order valence-corrected chi connectivity index (χ2v) is 5.91. The smallest absolute Gasteiger partial charge is 0.227 e. The molecule has 6 nitrogen and oxygen atoms in total. The molecule has 23 heavy (non-hydrogen) atoms. The molecule has 1 aliphatic rings. The first kappa shape index (κ1) is 15.7. The van der Waals surface area contributed by atoms with Crippen LogP contribution in [0.1, 0.15) is 12.8 Å². The third-order valence-electron chi connectivity index (χ3n) is 4.27. The van der Waals surface area contributed by atoms with Gasteiger partial charge in [0.2, 0.25) is 5.95 Å². The molecular formula is C17H22N4O2. The number of anilines is 2. The van der Waals surface area contributed by atoms with Gasteiger partial charge in [0, 0.05) is 38.0 Å². The molecule has 0 amide bonds. The SMILES string of the molecule is COC1(N(C)C)CC(Oc2ccc(Nc3ncccn3)cc2)C1. The second-order valence-electron chi connectivity index (χ2n) is 5.91. The maximum Gasteiger partial charge on any atom is 0.227 e. The van der Waals surface area contributed by atoms with Crippen molar-refractivity contribution in [1.82, 2.24) is 14.9 Å². The van der Waals surface area contributed by atoms with Gasteiger partial charge in [-0.2, -0.15) is 0 Å². The van der Waals surface area contributed by atoms with Crippen molar-refractivity contribution in [3.63, 3.8) is 0 Å². The highest BCUT2D eigenvalue weighted by Crippen LogP contribution is 2.39. The lowest BCUT2D eigenvalue weighted by Crippen LogP contribution is -2.59. The number of benzene rings is 1. The van der Waals surface area contributed by atoms with Crippen molar-refractivity contribution in [3.8, 4) is 5.75 Å². The van der Waals surface area contributed by atoms with Gasteiger partial charge in [0.1, 0.15) is 17.6 Å². The van der Waals surface area contributed by atoms with E-state index < -0.39 is 0 Å². The fourth-order valence-corrected chi connectivity index (χ4v) is 2.75. The third kappa shape index (κ3) is 3.43. The van der Waals surface area contributed by atoms with Crippen LogP contribution in [0.15, 0.2) is 42.7 Å². The predicted octanol–water partition coefficient (Wildman–Crippen LogP) is 2.67. The van der Waals surface area contributed by atoms with Gasteiger partial charge in [-0.05, 0) is 44.4 Å². The summed E-state index contributed by atoms with van der Waals surface area (Å²) in [6.45, 7) is 0. The number of methoxy groups -OCH3 is 1. The van der Waals surface area contributed by atoms with E-state index in [9.17, 15) is 0 Å². The Bertz CT molecular complexity index is 625. The lowest BCUT2D eigenvalue weighted by atomic mass is 9.83. The highest BCUT2D eigenvalue weighted by molar-refractivity contribution is 5.54. The number of hydrogen-bond acceptors (Lipinski definition) is 6. The molecule has 2 aromatic rings. The molecule has 1 aromatic heterocycles. The monoisotopic (exact) mass is 314 g/mol. The first-order valence-corrected chi connectivity index (χ1v) is 7.65. The summed E-state index contributed by atoms with van der Waals surface area (Å²) in [5.74, 6) is 1.44. The number of ether oxygens (including phenoxy) is 2. The van der Waals surface area contributed by atoms with Crippen LogP contribution in [0.5, 0.6) is 5.75 Å². The normalized spacial score (nSPS) is 23.4. The molecule has 0 bridgehead atoms. The molecule has 0 saturated heterocycles. The lowest BCUT2D eigenvalue weighted by Gasteiger charge is -2.50. The van der Waals surface area contributed by atoms with Crippen molar-refractivity contribution in [2.45, 2.75) is 24.7 Å². The third-order valence-corrected chi connectivity index (χ3v) is 4.27. The first-order chi connectivity index (χ1) is 11.1. The Morgan fingerprint density at radius 3 is 2.35 bits per heavy atom. The molecule has 1 aliphatic carbocycles. The van der Waals surface area contributed by atoms with Crippen molar-refractivity contribution in [2.24, 2.45) is 0 Å². The lowest BCUT2D eigenvalue weighted by molar-refractivity contribution is -0.204. The van der Waals surface area contributed by atoms with Crippen LogP contribution in [-0.4, -0.2) is 47.9 Å². The van der Waals surface area contributed by atoms with E-state index in [2.05, 4.69) is 20.2 Å².